The van der Waals surface area contributed by atoms with E-state index in [1.807, 2.05) is 18.2 Å². The minimum Gasteiger partial charge on any atom is -0.457 e. The highest BCUT2D eigenvalue weighted by Crippen LogP contribution is 2.29. The summed E-state index contributed by atoms with van der Waals surface area (Å²) in [5, 5.41) is 2.49. The lowest BCUT2D eigenvalue weighted by molar-refractivity contribution is 0.479. The van der Waals surface area contributed by atoms with E-state index in [0.29, 0.717) is 0 Å². The summed E-state index contributed by atoms with van der Waals surface area (Å²) in [4.78, 5) is 0. The number of hydrogen-bond acceptors (Lipinski definition) is 1. The fourth-order valence-electron chi connectivity index (χ4n) is 2.32. The Hall–Kier alpha value is -2.28. The molecule has 0 atom stereocenters. The zero-order chi connectivity index (χ0) is 13.2. The average molecular weight is 248 g/mol. The molecule has 0 aliphatic rings. The van der Waals surface area contributed by atoms with Crippen molar-refractivity contribution in [2.45, 2.75) is 13.8 Å². The Morgan fingerprint density at radius 1 is 0.737 bits per heavy atom. The zero-order valence-corrected chi connectivity index (χ0v) is 11.2. The molecule has 0 saturated heterocycles. The molecule has 1 nitrogen and oxygen atoms in total. The van der Waals surface area contributed by atoms with E-state index in [9.17, 15) is 0 Å². The predicted molar refractivity (Wildman–Crippen MR) is 79.9 cm³/mol. The van der Waals surface area contributed by atoms with E-state index in [-0.39, 0.29) is 0 Å². The van der Waals surface area contributed by atoms with Gasteiger partial charge in [-0.25, -0.2) is 0 Å². The topological polar surface area (TPSA) is 9.23 Å². The number of fused-ring (bicyclic) bond motifs is 1. The van der Waals surface area contributed by atoms with Gasteiger partial charge in [-0.05, 0) is 53.9 Å². The lowest BCUT2D eigenvalue weighted by Gasteiger charge is -2.11. The van der Waals surface area contributed by atoms with Crippen LogP contribution in [0.1, 0.15) is 11.1 Å². The molecule has 0 radical (unpaired) electrons. The van der Waals surface area contributed by atoms with Gasteiger partial charge >= 0.3 is 0 Å². The summed E-state index contributed by atoms with van der Waals surface area (Å²) in [6, 6.07) is 20.6. The summed E-state index contributed by atoms with van der Waals surface area (Å²) in [5.74, 6) is 1.81. The molecule has 0 aliphatic heterocycles. The second-order valence-corrected chi connectivity index (χ2v) is 4.83. The van der Waals surface area contributed by atoms with Crippen molar-refractivity contribution < 1.29 is 4.74 Å². The van der Waals surface area contributed by atoms with E-state index in [1.54, 1.807) is 0 Å². The number of hydrogen-bond donors (Lipinski definition) is 0. The van der Waals surface area contributed by atoms with Crippen LogP contribution < -0.4 is 4.74 Å². The molecule has 19 heavy (non-hydrogen) atoms. The number of benzene rings is 3. The standard InChI is InChI=1S/C18H16O/c1-13-7-3-6-10-18(13)19-16-11-14(2)17-9-5-4-8-15(17)12-16/h3-12H,1-2H3. The fourth-order valence-corrected chi connectivity index (χ4v) is 2.32. The molecule has 1 heteroatoms. The smallest absolute Gasteiger partial charge is 0.130 e. The van der Waals surface area contributed by atoms with E-state index in [2.05, 4.69) is 56.3 Å². The second-order valence-electron chi connectivity index (χ2n) is 4.83. The van der Waals surface area contributed by atoms with Crippen molar-refractivity contribution in [3.8, 4) is 11.5 Å². The molecule has 0 unspecified atom stereocenters. The van der Waals surface area contributed by atoms with Crippen LogP contribution in [0.2, 0.25) is 0 Å². The van der Waals surface area contributed by atoms with Crippen LogP contribution in [0.15, 0.2) is 60.7 Å². The normalized spacial score (nSPS) is 10.6. The third-order valence-corrected chi connectivity index (χ3v) is 3.36. The highest BCUT2D eigenvalue weighted by Gasteiger charge is 2.04. The molecule has 3 rings (SSSR count). The van der Waals surface area contributed by atoms with Crippen LogP contribution in [0, 0.1) is 13.8 Å². The first-order valence-electron chi connectivity index (χ1n) is 6.47. The van der Waals surface area contributed by atoms with Gasteiger partial charge in [0.1, 0.15) is 11.5 Å². The van der Waals surface area contributed by atoms with Crippen molar-refractivity contribution in [2.75, 3.05) is 0 Å². The van der Waals surface area contributed by atoms with Gasteiger partial charge < -0.3 is 4.74 Å². The second kappa shape index (κ2) is 4.77. The van der Waals surface area contributed by atoms with Gasteiger partial charge in [0, 0.05) is 0 Å². The number of para-hydroxylation sites is 1. The van der Waals surface area contributed by atoms with Crippen molar-refractivity contribution in [1.82, 2.24) is 0 Å². The maximum absolute atomic E-state index is 6.00. The third-order valence-electron chi connectivity index (χ3n) is 3.36. The number of ether oxygens (including phenoxy) is 1. The van der Waals surface area contributed by atoms with Gasteiger partial charge in [0.05, 0.1) is 0 Å². The summed E-state index contributed by atoms with van der Waals surface area (Å²) < 4.78 is 6.00. The largest absolute Gasteiger partial charge is 0.457 e. The van der Waals surface area contributed by atoms with E-state index < -0.39 is 0 Å². The summed E-state index contributed by atoms with van der Waals surface area (Å²) in [6.07, 6.45) is 0. The molecule has 0 aliphatic carbocycles. The Kier molecular flexibility index (Phi) is 2.96. The molecular weight excluding hydrogens is 232 g/mol. The van der Waals surface area contributed by atoms with Crippen LogP contribution in [0.25, 0.3) is 10.8 Å². The highest BCUT2D eigenvalue weighted by molar-refractivity contribution is 5.87. The molecule has 0 aromatic heterocycles. The molecule has 0 saturated carbocycles. The van der Waals surface area contributed by atoms with Crippen molar-refractivity contribution in [1.29, 1.82) is 0 Å². The summed E-state index contributed by atoms with van der Waals surface area (Å²) in [6.45, 7) is 4.18. The minimum atomic E-state index is 0.894. The van der Waals surface area contributed by atoms with E-state index in [0.717, 1.165) is 17.1 Å². The van der Waals surface area contributed by atoms with Crippen LogP contribution >= 0.6 is 0 Å². The lowest BCUT2D eigenvalue weighted by atomic mass is 10.1. The quantitative estimate of drug-likeness (QED) is 0.602. The van der Waals surface area contributed by atoms with Gasteiger partial charge in [0.2, 0.25) is 0 Å². The van der Waals surface area contributed by atoms with Gasteiger partial charge in [-0.15, -0.1) is 0 Å². The average Bonchev–Trinajstić information content (AvgIpc) is 2.42. The molecular formula is C18H16O. The molecule has 0 bridgehead atoms. The first-order chi connectivity index (χ1) is 9.24. The molecule has 3 aromatic carbocycles. The molecule has 0 heterocycles. The molecule has 0 N–H and O–H groups in total. The van der Waals surface area contributed by atoms with Crippen LogP contribution in [-0.2, 0) is 0 Å². The Balaban J connectivity index is 2.04. The third kappa shape index (κ3) is 2.32. The number of rotatable bonds is 2. The Morgan fingerprint density at radius 3 is 2.32 bits per heavy atom. The number of aryl methyl sites for hydroxylation is 2. The highest BCUT2D eigenvalue weighted by atomic mass is 16.5. The maximum atomic E-state index is 6.00. The predicted octanol–water partition coefficient (Wildman–Crippen LogP) is 5.25. The van der Waals surface area contributed by atoms with Crippen molar-refractivity contribution in [3.05, 3.63) is 71.8 Å². The van der Waals surface area contributed by atoms with Crippen molar-refractivity contribution >= 4 is 10.8 Å². The minimum absolute atomic E-state index is 0.894. The van der Waals surface area contributed by atoms with Crippen LogP contribution in [0.3, 0.4) is 0 Å². The van der Waals surface area contributed by atoms with Gasteiger partial charge in [-0.3, -0.25) is 0 Å². The Labute approximate surface area is 113 Å². The SMILES string of the molecule is Cc1ccccc1Oc1cc(C)c2ccccc2c1. The van der Waals surface area contributed by atoms with E-state index >= 15 is 0 Å². The summed E-state index contributed by atoms with van der Waals surface area (Å²) in [5.41, 5.74) is 2.38. The Bertz CT molecular complexity index is 729. The van der Waals surface area contributed by atoms with Crippen LogP contribution in [-0.4, -0.2) is 0 Å². The molecule has 0 spiro atoms. The maximum Gasteiger partial charge on any atom is 0.130 e. The van der Waals surface area contributed by atoms with Crippen LogP contribution in [0.5, 0.6) is 11.5 Å². The summed E-state index contributed by atoms with van der Waals surface area (Å²) in [7, 11) is 0. The first-order valence-corrected chi connectivity index (χ1v) is 6.47. The van der Waals surface area contributed by atoms with Gasteiger partial charge in [0.15, 0.2) is 0 Å². The van der Waals surface area contributed by atoms with E-state index in [1.165, 1.54) is 16.3 Å². The van der Waals surface area contributed by atoms with Crippen LogP contribution in [0.4, 0.5) is 0 Å². The summed E-state index contributed by atoms with van der Waals surface area (Å²) >= 11 is 0. The molecule has 0 fully saturated rings. The zero-order valence-electron chi connectivity index (χ0n) is 11.2. The molecule has 3 aromatic rings. The first kappa shape index (κ1) is 11.8. The van der Waals surface area contributed by atoms with Gasteiger partial charge in [0.25, 0.3) is 0 Å². The molecule has 0 amide bonds. The molecule has 94 valence electrons. The fraction of sp³-hybridized carbons (Fsp3) is 0.111. The van der Waals surface area contributed by atoms with Crippen molar-refractivity contribution in [2.24, 2.45) is 0 Å². The van der Waals surface area contributed by atoms with Gasteiger partial charge in [-0.1, -0.05) is 42.5 Å². The lowest BCUT2D eigenvalue weighted by Crippen LogP contribution is -1.88. The Morgan fingerprint density at radius 2 is 1.47 bits per heavy atom. The van der Waals surface area contributed by atoms with Crippen molar-refractivity contribution in [3.63, 3.8) is 0 Å². The van der Waals surface area contributed by atoms with Gasteiger partial charge in [-0.2, -0.15) is 0 Å². The monoisotopic (exact) mass is 248 g/mol. The van der Waals surface area contributed by atoms with E-state index in [4.69, 9.17) is 4.74 Å².